The molecule has 1 unspecified atom stereocenters. The number of carbonyl (C=O) groups excluding carboxylic acids is 1. The summed E-state index contributed by atoms with van der Waals surface area (Å²) in [5.74, 6) is 2.12. The van der Waals surface area contributed by atoms with Crippen LogP contribution in [0.5, 0.6) is 11.5 Å². The van der Waals surface area contributed by atoms with Gasteiger partial charge in [-0.15, -0.1) is 0 Å². The molecule has 2 aromatic carbocycles. The normalized spacial score (nSPS) is 20.0. The third-order valence-corrected chi connectivity index (χ3v) is 8.09. The fourth-order valence-electron chi connectivity index (χ4n) is 5.55. The molecule has 0 amide bonds. The van der Waals surface area contributed by atoms with Crippen LogP contribution < -0.4 is 9.47 Å². The highest BCUT2D eigenvalue weighted by Gasteiger charge is 2.43. The molecule has 2 aliphatic heterocycles. The van der Waals surface area contributed by atoms with Gasteiger partial charge in [0.2, 0.25) is 0 Å². The number of fused-ring (bicyclic) bond motifs is 2. The Kier molecular flexibility index (Phi) is 6.99. The van der Waals surface area contributed by atoms with Gasteiger partial charge < -0.3 is 19.1 Å². The van der Waals surface area contributed by atoms with Crippen LogP contribution >= 0.6 is 11.6 Å². The van der Waals surface area contributed by atoms with Crippen molar-refractivity contribution in [3.05, 3.63) is 58.1 Å². The van der Waals surface area contributed by atoms with Gasteiger partial charge in [-0.1, -0.05) is 36.7 Å². The summed E-state index contributed by atoms with van der Waals surface area (Å²) < 4.78 is 17.9. The van der Waals surface area contributed by atoms with Crippen molar-refractivity contribution in [1.82, 2.24) is 4.90 Å². The van der Waals surface area contributed by atoms with Gasteiger partial charge in [-0.2, -0.15) is 0 Å². The molecule has 2 fully saturated rings. The fourth-order valence-corrected chi connectivity index (χ4v) is 5.78. The molecule has 0 aromatic heterocycles. The Hall–Kier alpha value is -2.24. The van der Waals surface area contributed by atoms with E-state index in [9.17, 15) is 4.79 Å². The first-order valence-electron chi connectivity index (χ1n) is 13.3. The van der Waals surface area contributed by atoms with Crippen molar-refractivity contribution in [3.63, 3.8) is 0 Å². The van der Waals surface area contributed by atoms with Crippen molar-refractivity contribution in [2.45, 2.75) is 76.9 Å². The molecule has 1 aliphatic carbocycles. The van der Waals surface area contributed by atoms with Crippen LogP contribution in [0.25, 0.3) is 0 Å². The summed E-state index contributed by atoms with van der Waals surface area (Å²) in [4.78, 5) is 14.8. The number of hydrogen-bond acceptors (Lipinski definition) is 5. The van der Waals surface area contributed by atoms with Gasteiger partial charge in [0.25, 0.3) is 0 Å². The lowest BCUT2D eigenvalue weighted by atomic mass is 9.74. The number of halogens is 1. The van der Waals surface area contributed by atoms with Crippen LogP contribution in [0.3, 0.4) is 0 Å². The molecule has 0 radical (unpaired) electrons. The van der Waals surface area contributed by atoms with Crippen molar-refractivity contribution in [3.8, 4) is 11.5 Å². The first-order chi connectivity index (χ1) is 17.1. The van der Waals surface area contributed by atoms with Gasteiger partial charge in [-0.05, 0) is 83.2 Å². The summed E-state index contributed by atoms with van der Waals surface area (Å²) in [7, 11) is 0. The number of rotatable bonds is 7. The Balaban J connectivity index is 1.19. The average molecular weight is 512 g/mol. The number of piperidine rings is 1. The lowest BCUT2D eigenvalue weighted by Crippen LogP contribution is -2.46. The van der Waals surface area contributed by atoms with E-state index in [4.69, 9.17) is 25.8 Å². The molecule has 3 aliphatic rings. The van der Waals surface area contributed by atoms with E-state index in [-0.39, 0.29) is 17.3 Å². The zero-order valence-electron chi connectivity index (χ0n) is 21.9. The first kappa shape index (κ1) is 25.4. The van der Waals surface area contributed by atoms with Crippen molar-refractivity contribution in [2.24, 2.45) is 5.92 Å². The number of ether oxygens (including phenoxy) is 3. The predicted molar refractivity (Wildman–Crippen MR) is 142 cm³/mol. The van der Waals surface area contributed by atoms with Gasteiger partial charge in [0.05, 0.1) is 12.5 Å². The van der Waals surface area contributed by atoms with E-state index in [1.807, 2.05) is 45.9 Å². The molecule has 2 aromatic rings. The van der Waals surface area contributed by atoms with Crippen LogP contribution in [0.2, 0.25) is 5.02 Å². The maximum Gasteiger partial charge on any atom is 0.310 e. The Labute approximate surface area is 220 Å². The zero-order valence-corrected chi connectivity index (χ0v) is 22.7. The molecule has 1 spiro atoms. The number of nitrogens with zero attached hydrogens (tertiary/aromatic N) is 1. The number of likely N-dealkylation sites (tertiary alicyclic amines) is 1. The number of benzene rings is 2. The molecule has 1 saturated carbocycles. The van der Waals surface area contributed by atoms with E-state index in [2.05, 4.69) is 23.1 Å². The van der Waals surface area contributed by atoms with Gasteiger partial charge in [0.15, 0.2) is 0 Å². The summed E-state index contributed by atoms with van der Waals surface area (Å²) in [5, 5.41) is 0.781. The van der Waals surface area contributed by atoms with E-state index in [0.717, 1.165) is 54.6 Å². The summed E-state index contributed by atoms with van der Waals surface area (Å²) in [6.45, 7) is 11.5. The van der Waals surface area contributed by atoms with E-state index in [1.165, 1.54) is 24.0 Å². The van der Waals surface area contributed by atoms with Gasteiger partial charge in [-0.25, -0.2) is 0 Å². The van der Waals surface area contributed by atoms with Crippen LogP contribution in [-0.4, -0.2) is 42.7 Å². The van der Waals surface area contributed by atoms with E-state index in [1.54, 1.807) is 0 Å². The number of carbonyl (C=O) groups is 1. The first-order valence-corrected chi connectivity index (χ1v) is 13.6. The highest BCUT2D eigenvalue weighted by Crippen LogP contribution is 2.47. The second-order valence-corrected chi connectivity index (χ2v) is 12.2. The predicted octanol–water partition coefficient (Wildman–Crippen LogP) is 6.50. The van der Waals surface area contributed by atoms with E-state index >= 15 is 0 Å². The van der Waals surface area contributed by atoms with Crippen molar-refractivity contribution >= 4 is 17.6 Å². The van der Waals surface area contributed by atoms with Gasteiger partial charge in [0, 0.05) is 34.2 Å². The van der Waals surface area contributed by atoms with E-state index < -0.39 is 5.60 Å². The zero-order chi connectivity index (χ0) is 25.5. The lowest BCUT2D eigenvalue weighted by Gasteiger charge is -2.39. The average Bonchev–Trinajstić information content (AvgIpc) is 3.62. The topological polar surface area (TPSA) is 48.0 Å². The second-order valence-electron chi connectivity index (χ2n) is 11.8. The van der Waals surface area contributed by atoms with E-state index in [0.29, 0.717) is 19.1 Å². The molecule has 36 heavy (non-hydrogen) atoms. The third kappa shape index (κ3) is 5.52. The van der Waals surface area contributed by atoms with Crippen LogP contribution in [0.1, 0.15) is 76.0 Å². The van der Waals surface area contributed by atoms with Crippen LogP contribution in [0.4, 0.5) is 0 Å². The lowest BCUT2D eigenvalue weighted by molar-refractivity contribution is -0.160. The molecule has 194 valence electrons. The second kappa shape index (κ2) is 9.90. The molecule has 1 atom stereocenters. The minimum Gasteiger partial charge on any atom is -0.492 e. The fraction of sp³-hybridized carbons (Fsp3) is 0.567. The molecule has 1 saturated heterocycles. The Morgan fingerprint density at radius 3 is 2.64 bits per heavy atom. The van der Waals surface area contributed by atoms with Crippen molar-refractivity contribution in [1.29, 1.82) is 0 Å². The maximum absolute atomic E-state index is 12.4. The minimum absolute atomic E-state index is 0.0431. The van der Waals surface area contributed by atoms with Crippen LogP contribution in [0, 0.1) is 5.92 Å². The Bertz CT molecular complexity index is 1110. The molecular formula is C30H38ClNO4. The molecule has 0 N–H and O–H groups in total. The SMILES string of the molecule is CC(CN1CCC2(CC1)COc1cc(OCc3c(Cl)cccc3C3CC3)ccc12)C(=O)OC(C)(C)C. The highest BCUT2D eigenvalue weighted by atomic mass is 35.5. The minimum atomic E-state index is -0.447. The quantitative estimate of drug-likeness (QED) is 0.397. The molecule has 6 heteroatoms. The largest absolute Gasteiger partial charge is 0.492 e. The Morgan fingerprint density at radius 2 is 1.94 bits per heavy atom. The number of esters is 1. The van der Waals surface area contributed by atoms with Gasteiger partial charge in [-0.3, -0.25) is 4.79 Å². The smallest absolute Gasteiger partial charge is 0.310 e. The summed E-state index contributed by atoms with van der Waals surface area (Å²) >= 11 is 6.51. The highest BCUT2D eigenvalue weighted by molar-refractivity contribution is 6.31. The number of hydrogen-bond donors (Lipinski definition) is 0. The standard InChI is InChI=1S/C30H38ClNO4/c1-20(28(33)36-29(2,3)4)17-32-14-12-30(13-15-32)19-35-27-16-22(10-11-25(27)30)34-18-24-23(21-8-9-21)6-5-7-26(24)31/h5-7,10-11,16,20-21H,8-9,12-15,17-19H2,1-4H3. The summed E-state index contributed by atoms with van der Waals surface area (Å²) in [6, 6.07) is 12.5. The summed E-state index contributed by atoms with van der Waals surface area (Å²) in [5.41, 5.74) is 3.31. The van der Waals surface area contributed by atoms with Gasteiger partial charge >= 0.3 is 5.97 Å². The maximum atomic E-state index is 12.4. The summed E-state index contributed by atoms with van der Waals surface area (Å²) in [6.07, 6.45) is 4.51. The molecule has 2 heterocycles. The molecule has 5 nitrogen and oxygen atoms in total. The molecule has 0 bridgehead atoms. The molecular weight excluding hydrogens is 474 g/mol. The van der Waals surface area contributed by atoms with Crippen molar-refractivity contribution < 1.29 is 19.0 Å². The monoisotopic (exact) mass is 511 g/mol. The van der Waals surface area contributed by atoms with Gasteiger partial charge in [0.1, 0.15) is 23.7 Å². The van der Waals surface area contributed by atoms with Crippen molar-refractivity contribution in [2.75, 3.05) is 26.2 Å². The molecule has 5 rings (SSSR count). The third-order valence-electron chi connectivity index (χ3n) is 7.74. The Morgan fingerprint density at radius 1 is 1.19 bits per heavy atom. The van der Waals surface area contributed by atoms with Crippen LogP contribution in [-0.2, 0) is 21.6 Å². The van der Waals surface area contributed by atoms with Crippen LogP contribution in [0.15, 0.2) is 36.4 Å².